The molecule has 1 nitrogen and oxygen atoms in total. The summed E-state index contributed by atoms with van der Waals surface area (Å²) >= 11 is 0. The molecule has 0 aromatic heterocycles. The first-order chi connectivity index (χ1) is 8.71. The first kappa shape index (κ1) is 16.0. The molecular weight excluding hydrogens is 251 g/mol. The predicted octanol–water partition coefficient (Wildman–Crippen LogP) is 4.51. The van der Waals surface area contributed by atoms with Crippen LogP contribution in [-0.4, -0.2) is 12.6 Å². The van der Waals surface area contributed by atoms with Gasteiger partial charge in [0.05, 0.1) is 5.56 Å². The second-order valence-corrected chi connectivity index (χ2v) is 5.37. The normalized spacial score (nSPS) is 13.9. The standard InChI is InChI=1S/C15H22F3N/c1-10(2)19-8-7-11(3)14-6-5-13(9-12(14)4)15(16,17)18/h5-6,9-11,19H,7-8H2,1-4H3. The van der Waals surface area contributed by atoms with Gasteiger partial charge in [-0.25, -0.2) is 0 Å². The monoisotopic (exact) mass is 273 g/mol. The van der Waals surface area contributed by atoms with Gasteiger partial charge in [0.1, 0.15) is 0 Å². The maximum atomic E-state index is 12.6. The lowest BCUT2D eigenvalue weighted by Gasteiger charge is -2.17. The van der Waals surface area contributed by atoms with E-state index in [0.717, 1.165) is 18.5 Å². The number of halogens is 3. The summed E-state index contributed by atoms with van der Waals surface area (Å²) in [5.74, 6) is 0.258. The van der Waals surface area contributed by atoms with Crippen LogP contribution in [0.1, 0.15) is 49.8 Å². The van der Waals surface area contributed by atoms with E-state index >= 15 is 0 Å². The Bertz CT molecular complexity index is 410. The predicted molar refractivity (Wildman–Crippen MR) is 72.4 cm³/mol. The number of aryl methyl sites for hydroxylation is 1. The van der Waals surface area contributed by atoms with Crippen molar-refractivity contribution in [2.45, 2.75) is 52.3 Å². The van der Waals surface area contributed by atoms with E-state index in [-0.39, 0.29) is 5.92 Å². The van der Waals surface area contributed by atoms with Gasteiger partial charge in [0, 0.05) is 6.04 Å². The Kier molecular flexibility index (Phi) is 5.41. The van der Waals surface area contributed by atoms with Crippen LogP contribution in [-0.2, 0) is 6.18 Å². The highest BCUT2D eigenvalue weighted by Crippen LogP contribution is 2.32. The van der Waals surface area contributed by atoms with Gasteiger partial charge in [-0.05, 0) is 49.1 Å². The van der Waals surface area contributed by atoms with Crippen LogP contribution in [0.3, 0.4) is 0 Å². The second-order valence-electron chi connectivity index (χ2n) is 5.37. The fraction of sp³-hybridized carbons (Fsp3) is 0.600. The van der Waals surface area contributed by atoms with Gasteiger partial charge in [-0.1, -0.05) is 26.8 Å². The molecule has 108 valence electrons. The molecule has 1 atom stereocenters. The molecule has 0 saturated heterocycles. The Labute approximate surface area is 113 Å². The highest BCUT2D eigenvalue weighted by Gasteiger charge is 2.30. The minimum atomic E-state index is -4.26. The maximum Gasteiger partial charge on any atom is 0.416 e. The van der Waals surface area contributed by atoms with E-state index in [1.165, 1.54) is 12.1 Å². The van der Waals surface area contributed by atoms with Crippen molar-refractivity contribution < 1.29 is 13.2 Å². The van der Waals surface area contributed by atoms with E-state index in [4.69, 9.17) is 0 Å². The van der Waals surface area contributed by atoms with Crippen molar-refractivity contribution in [3.8, 4) is 0 Å². The van der Waals surface area contributed by atoms with Gasteiger partial charge in [0.2, 0.25) is 0 Å². The first-order valence-electron chi connectivity index (χ1n) is 6.63. The second kappa shape index (κ2) is 6.42. The molecule has 1 unspecified atom stereocenters. The zero-order valence-corrected chi connectivity index (χ0v) is 11.9. The minimum absolute atomic E-state index is 0.258. The molecule has 1 rings (SSSR count). The largest absolute Gasteiger partial charge is 0.416 e. The molecular formula is C15H22F3N. The first-order valence-corrected chi connectivity index (χ1v) is 6.63. The SMILES string of the molecule is Cc1cc(C(F)(F)F)ccc1C(C)CCNC(C)C. The summed E-state index contributed by atoms with van der Waals surface area (Å²) in [6.07, 6.45) is -3.34. The number of nitrogens with one attached hydrogen (secondary N) is 1. The molecule has 0 radical (unpaired) electrons. The third kappa shape index (κ3) is 4.86. The molecule has 0 amide bonds. The number of hydrogen-bond acceptors (Lipinski definition) is 1. The van der Waals surface area contributed by atoms with E-state index in [0.29, 0.717) is 11.6 Å². The Morgan fingerprint density at radius 1 is 1.16 bits per heavy atom. The number of benzene rings is 1. The molecule has 0 aliphatic carbocycles. The van der Waals surface area contributed by atoms with Crippen LogP contribution in [0.15, 0.2) is 18.2 Å². The number of alkyl halides is 3. The molecule has 0 saturated carbocycles. The molecule has 0 bridgehead atoms. The van der Waals surface area contributed by atoms with Crippen molar-refractivity contribution in [3.05, 3.63) is 34.9 Å². The molecule has 4 heteroatoms. The van der Waals surface area contributed by atoms with Gasteiger partial charge in [0.15, 0.2) is 0 Å². The zero-order chi connectivity index (χ0) is 14.6. The lowest BCUT2D eigenvalue weighted by molar-refractivity contribution is -0.137. The van der Waals surface area contributed by atoms with Crippen LogP contribution in [0.4, 0.5) is 13.2 Å². The average Bonchev–Trinajstić information content (AvgIpc) is 2.26. The number of hydrogen-bond donors (Lipinski definition) is 1. The van der Waals surface area contributed by atoms with Crippen molar-refractivity contribution in [3.63, 3.8) is 0 Å². The highest BCUT2D eigenvalue weighted by atomic mass is 19.4. The molecule has 19 heavy (non-hydrogen) atoms. The fourth-order valence-electron chi connectivity index (χ4n) is 2.15. The maximum absolute atomic E-state index is 12.6. The molecule has 0 heterocycles. The van der Waals surface area contributed by atoms with E-state index in [1.54, 1.807) is 13.0 Å². The molecule has 1 aromatic carbocycles. The summed E-state index contributed by atoms with van der Waals surface area (Å²) < 4.78 is 37.7. The summed E-state index contributed by atoms with van der Waals surface area (Å²) in [6.45, 7) is 8.83. The third-order valence-electron chi connectivity index (χ3n) is 3.26. The van der Waals surface area contributed by atoms with Gasteiger partial charge in [0.25, 0.3) is 0 Å². The van der Waals surface area contributed by atoms with Crippen LogP contribution < -0.4 is 5.32 Å². The summed E-state index contributed by atoms with van der Waals surface area (Å²) in [5.41, 5.74) is 1.15. The quantitative estimate of drug-likeness (QED) is 0.832. The lowest BCUT2D eigenvalue weighted by Crippen LogP contribution is -2.24. The van der Waals surface area contributed by atoms with Gasteiger partial charge in [-0.3, -0.25) is 0 Å². The summed E-state index contributed by atoms with van der Waals surface area (Å²) in [4.78, 5) is 0. The zero-order valence-electron chi connectivity index (χ0n) is 11.9. The summed E-state index contributed by atoms with van der Waals surface area (Å²) in [7, 11) is 0. The molecule has 0 aliphatic heterocycles. The molecule has 0 fully saturated rings. The van der Waals surface area contributed by atoms with Crippen LogP contribution in [0, 0.1) is 6.92 Å². The number of rotatable bonds is 5. The summed E-state index contributed by atoms with van der Waals surface area (Å²) in [6, 6.07) is 4.45. The van der Waals surface area contributed by atoms with Crippen LogP contribution in [0.2, 0.25) is 0 Å². The van der Waals surface area contributed by atoms with E-state index in [1.807, 2.05) is 0 Å². The molecule has 1 N–H and O–H groups in total. The van der Waals surface area contributed by atoms with Crippen LogP contribution in [0.25, 0.3) is 0 Å². The highest BCUT2D eigenvalue weighted by molar-refractivity contribution is 5.34. The van der Waals surface area contributed by atoms with Crippen molar-refractivity contribution in [1.82, 2.24) is 5.32 Å². The van der Waals surface area contributed by atoms with Crippen molar-refractivity contribution in [2.75, 3.05) is 6.54 Å². The van der Waals surface area contributed by atoms with E-state index in [9.17, 15) is 13.2 Å². The van der Waals surface area contributed by atoms with E-state index in [2.05, 4.69) is 26.1 Å². The van der Waals surface area contributed by atoms with Gasteiger partial charge < -0.3 is 5.32 Å². The Morgan fingerprint density at radius 3 is 2.26 bits per heavy atom. The van der Waals surface area contributed by atoms with Gasteiger partial charge >= 0.3 is 6.18 Å². The topological polar surface area (TPSA) is 12.0 Å². The smallest absolute Gasteiger partial charge is 0.315 e. The van der Waals surface area contributed by atoms with Gasteiger partial charge in [-0.2, -0.15) is 13.2 Å². The Balaban J connectivity index is 2.73. The Morgan fingerprint density at radius 2 is 1.79 bits per heavy atom. The average molecular weight is 273 g/mol. The van der Waals surface area contributed by atoms with Crippen LogP contribution >= 0.6 is 0 Å². The van der Waals surface area contributed by atoms with Gasteiger partial charge in [-0.15, -0.1) is 0 Å². The molecule has 0 spiro atoms. The summed E-state index contributed by atoms with van der Waals surface area (Å²) in [5, 5.41) is 3.32. The van der Waals surface area contributed by atoms with Crippen molar-refractivity contribution >= 4 is 0 Å². The minimum Gasteiger partial charge on any atom is -0.315 e. The van der Waals surface area contributed by atoms with Crippen molar-refractivity contribution in [2.24, 2.45) is 0 Å². The fourth-order valence-corrected chi connectivity index (χ4v) is 2.15. The molecule has 1 aromatic rings. The lowest BCUT2D eigenvalue weighted by atomic mass is 9.92. The molecule has 0 aliphatic rings. The van der Waals surface area contributed by atoms with Crippen LogP contribution in [0.5, 0.6) is 0 Å². The Hall–Kier alpha value is -1.03. The van der Waals surface area contributed by atoms with Crippen molar-refractivity contribution in [1.29, 1.82) is 0 Å². The third-order valence-corrected chi connectivity index (χ3v) is 3.26. The van der Waals surface area contributed by atoms with E-state index < -0.39 is 11.7 Å².